The second-order valence-electron chi connectivity index (χ2n) is 5.12. The minimum atomic E-state index is -0.0766. The van der Waals surface area contributed by atoms with Gasteiger partial charge in [0.2, 0.25) is 5.91 Å². The van der Waals surface area contributed by atoms with Crippen LogP contribution in [0.5, 0.6) is 5.75 Å². The summed E-state index contributed by atoms with van der Waals surface area (Å²) in [6.45, 7) is 3.25. The highest BCUT2D eigenvalue weighted by atomic mass is 32.2. The van der Waals surface area contributed by atoms with Crippen LogP contribution in [0.4, 0.5) is 4.79 Å². The van der Waals surface area contributed by atoms with Gasteiger partial charge in [0.1, 0.15) is 5.75 Å². The summed E-state index contributed by atoms with van der Waals surface area (Å²) >= 11 is 1.32. The van der Waals surface area contributed by atoms with E-state index in [9.17, 15) is 9.59 Å². The monoisotopic (exact) mass is 322 g/mol. The van der Waals surface area contributed by atoms with Crippen molar-refractivity contribution in [1.82, 2.24) is 10.2 Å². The molecule has 1 aliphatic rings. The topological polar surface area (TPSA) is 58.6 Å². The van der Waals surface area contributed by atoms with Crippen molar-refractivity contribution >= 4 is 22.9 Å². The minimum Gasteiger partial charge on any atom is -0.496 e. The number of hydrogen-bond acceptors (Lipinski definition) is 4. The smallest absolute Gasteiger partial charge is 0.281 e. The molecule has 1 aromatic carbocycles. The Balaban J connectivity index is 1.92. The van der Waals surface area contributed by atoms with Crippen LogP contribution in [0.3, 0.4) is 0 Å². The van der Waals surface area contributed by atoms with Gasteiger partial charge in [0.05, 0.1) is 13.2 Å². The van der Waals surface area contributed by atoms with Gasteiger partial charge in [0, 0.05) is 30.8 Å². The second kappa shape index (κ2) is 8.08. The van der Waals surface area contributed by atoms with Gasteiger partial charge in [-0.05, 0) is 12.5 Å². The zero-order chi connectivity index (χ0) is 15.9. The number of methoxy groups -OCH3 is 1. The van der Waals surface area contributed by atoms with Crippen molar-refractivity contribution in [3.05, 3.63) is 29.8 Å². The van der Waals surface area contributed by atoms with Crippen molar-refractivity contribution in [2.45, 2.75) is 25.8 Å². The van der Waals surface area contributed by atoms with E-state index in [2.05, 4.69) is 5.32 Å². The van der Waals surface area contributed by atoms with Gasteiger partial charge in [-0.3, -0.25) is 9.59 Å². The van der Waals surface area contributed by atoms with Crippen LogP contribution in [0.1, 0.15) is 31.4 Å². The Hall–Kier alpha value is -1.69. The molecule has 1 aliphatic heterocycles. The molecule has 2 rings (SSSR count). The number of carbonyl (C=O) groups excluding carboxylic acids is 2. The highest BCUT2D eigenvalue weighted by Crippen LogP contribution is 2.26. The lowest BCUT2D eigenvalue weighted by Gasteiger charge is -2.21. The Morgan fingerprint density at radius 1 is 1.45 bits per heavy atom. The number of carbonyl (C=O) groups is 2. The first-order valence-electron chi connectivity index (χ1n) is 7.49. The van der Waals surface area contributed by atoms with Crippen molar-refractivity contribution in [3.8, 4) is 5.75 Å². The summed E-state index contributed by atoms with van der Waals surface area (Å²) in [5.74, 6) is 1.56. The Kier molecular flexibility index (Phi) is 6.12. The quantitative estimate of drug-likeness (QED) is 0.838. The lowest BCUT2D eigenvalue weighted by Crippen LogP contribution is -2.33. The zero-order valence-electron chi connectivity index (χ0n) is 13.0. The van der Waals surface area contributed by atoms with E-state index in [0.29, 0.717) is 13.0 Å². The van der Waals surface area contributed by atoms with E-state index in [0.717, 1.165) is 30.0 Å². The fraction of sp³-hybridized carbons (Fsp3) is 0.500. The van der Waals surface area contributed by atoms with Crippen LogP contribution in [0.15, 0.2) is 24.3 Å². The predicted molar refractivity (Wildman–Crippen MR) is 88.2 cm³/mol. The van der Waals surface area contributed by atoms with Gasteiger partial charge in [0.25, 0.3) is 5.24 Å². The summed E-state index contributed by atoms with van der Waals surface area (Å²) < 4.78 is 5.36. The number of nitrogens with zero attached hydrogens (tertiary/aromatic N) is 1. The van der Waals surface area contributed by atoms with Crippen LogP contribution in [0.25, 0.3) is 0 Å². The third kappa shape index (κ3) is 4.16. The molecular formula is C16H22N2O3S. The van der Waals surface area contributed by atoms with Crippen LogP contribution < -0.4 is 10.1 Å². The van der Waals surface area contributed by atoms with Crippen LogP contribution in [0, 0.1) is 0 Å². The number of nitrogens with one attached hydrogen (secondary N) is 1. The number of rotatable bonds is 7. The standard InChI is InChI=1S/C16H22N2O3S/c1-3-13(12-6-4-5-7-14(12)21-2)17-15(19)8-9-18-10-11-22-16(18)20/h4-7,13H,3,8-11H2,1-2H3,(H,17,19)/t13-/m0/s1. The SMILES string of the molecule is CC[C@H](NC(=O)CCN1CCSC1=O)c1ccccc1OC. The summed E-state index contributed by atoms with van der Waals surface area (Å²) in [4.78, 5) is 25.4. The van der Waals surface area contributed by atoms with E-state index >= 15 is 0 Å². The summed E-state index contributed by atoms with van der Waals surface area (Å²) in [7, 11) is 1.63. The van der Waals surface area contributed by atoms with E-state index in [1.807, 2.05) is 31.2 Å². The zero-order valence-corrected chi connectivity index (χ0v) is 13.8. The molecule has 120 valence electrons. The fourth-order valence-corrected chi connectivity index (χ4v) is 3.34. The first kappa shape index (κ1) is 16.7. The molecule has 0 spiro atoms. The maximum absolute atomic E-state index is 12.2. The molecule has 0 aromatic heterocycles. The summed E-state index contributed by atoms with van der Waals surface area (Å²) in [6, 6.07) is 7.63. The molecule has 1 fully saturated rings. The van der Waals surface area contributed by atoms with Gasteiger partial charge in [-0.25, -0.2) is 0 Å². The molecule has 0 aliphatic carbocycles. The van der Waals surface area contributed by atoms with E-state index < -0.39 is 0 Å². The fourth-order valence-electron chi connectivity index (χ4n) is 2.49. The van der Waals surface area contributed by atoms with Crippen molar-refractivity contribution in [2.24, 2.45) is 0 Å². The first-order chi connectivity index (χ1) is 10.7. The van der Waals surface area contributed by atoms with E-state index in [1.54, 1.807) is 12.0 Å². The molecule has 0 bridgehead atoms. The predicted octanol–water partition coefficient (Wildman–Crippen LogP) is 2.82. The first-order valence-corrected chi connectivity index (χ1v) is 8.48. The molecule has 0 saturated carbocycles. The number of amides is 2. The Labute approximate surface area is 135 Å². The van der Waals surface area contributed by atoms with Crippen LogP contribution in [0.2, 0.25) is 0 Å². The molecule has 0 unspecified atom stereocenters. The minimum absolute atomic E-state index is 0.0394. The highest BCUT2D eigenvalue weighted by molar-refractivity contribution is 8.13. The summed E-state index contributed by atoms with van der Waals surface area (Å²) in [5, 5.41) is 3.11. The van der Waals surface area contributed by atoms with Crippen molar-refractivity contribution in [2.75, 3.05) is 26.0 Å². The maximum Gasteiger partial charge on any atom is 0.281 e. The van der Waals surface area contributed by atoms with Gasteiger partial charge in [-0.15, -0.1) is 0 Å². The van der Waals surface area contributed by atoms with Gasteiger partial charge in [0.15, 0.2) is 0 Å². The third-order valence-corrected chi connectivity index (χ3v) is 4.60. The van der Waals surface area contributed by atoms with Gasteiger partial charge >= 0.3 is 0 Å². The number of para-hydroxylation sites is 1. The molecular weight excluding hydrogens is 300 g/mol. The second-order valence-corrected chi connectivity index (χ2v) is 6.17. The molecule has 2 amide bonds. The lowest BCUT2D eigenvalue weighted by molar-refractivity contribution is -0.122. The number of ether oxygens (including phenoxy) is 1. The average molecular weight is 322 g/mol. The summed E-state index contributed by atoms with van der Waals surface area (Å²) in [6.07, 6.45) is 1.11. The summed E-state index contributed by atoms with van der Waals surface area (Å²) in [5.41, 5.74) is 0.980. The number of hydrogen-bond donors (Lipinski definition) is 1. The van der Waals surface area contributed by atoms with Gasteiger partial charge in [-0.2, -0.15) is 0 Å². The van der Waals surface area contributed by atoms with Crippen molar-refractivity contribution in [3.63, 3.8) is 0 Å². The van der Waals surface area contributed by atoms with E-state index in [4.69, 9.17) is 4.74 Å². The van der Waals surface area contributed by atoms with Crippen LogP contribution in [-0.2, 0) is 4.79 Å². The molecule has 1 aromatic rings. The molecule has 1 atom stereocenters. The Bertz CT molecular complexity index is 536. The van der Waals surface area contributed by atoms with E-state index in [1.165, 1.54) is 11.8 Å². The van der Waals surface area contributed by atoms with Gasteiger partial charge < -0.3 is 15.0 Å². The third-order valence-electron chi connectivity index (χ3n) is 3.71. The molecule has 6 heteroatoms. The molecule has 0 radical (unpaired) electrons. The molecule has 22 heavy (non-hydrogen) atoms. The largest absolute Gasteiger partial charge is 0.496 e. The highest BCUT2D eigenvalue weighted by Gasteiger charge is 2.22. The van der Waals surface area contributed by atoms with Crippen molar-refractivity contribution in [1.29, 1.82) is 0 Å². The molecule has 1 N–H and O–H groups in total. The normalized spacial score (nSPS) is 15.7. The van der Waals surface area contributed by atoms with E-state index in [-0.39, 0.29) is 17.2 Å². The number of thioether (sulfide) groups is 1. The molecule has 1 saturated heterocycles. The maximum atomic E-state index is 12.2. The molecule has 5 nitrogen and oxygen atoms in total. The lowest BCUT2D eigenvalue weighted by atomic mass is 10.0. The molecule has 1 heterocycles. The van der Waals surface area contributed by atoms with Crippen LogP contribution in [-0.4, -0.2) is 42.0 Å². The Morgan fingerprint density at radius 2 is 2.23 bits per heavy atom. The van der Waals surface area contributed by atoms with Crippen LogP contribution >= 0.6 is 11.8 Å². The average Bonchev–Trinajstić information content (AvgIpc) is 2.95. The van der Waals surface area contributed by atoms with Crippen molar-refractivity contribution < 1.29 is 14.3 Å². The van der Waals surface area contributed by atoms with Gasteiger partial charge in [-0.1, -0.05) is 36.9 Å². The number of benzene rings is 1. The Morgan fingerprint density at radius 3 is 2.86 bits per heavy atom.